The molecule has 0 bridgehead atoms. The van der Waals surface area contributed by atoms with Crippen LogP contribution in [0.1, 0.15) is 12.5 Å². The van der Waals surface area contributed by atoms with Crippen LogP contribution in [0.5, 0.6) is 0 Å². The Morgan fingerprint density at radius 1 is 1.37 bits per heavy atom. The number of aliphatic hydroxyl groups is 1. The predicted molar refractivity (Wildman–Crippen MR) is 64.8 cm³/mol. The van der Waals surface area contributed by atoms with Gasteiger partial charge in [-0.25, -0.2) is 4.79 Å². The van der Waals surface area contributed by atoms with Crippen LogP contribution >= 0.6 is 0 Å². The summed E-state index contributed by atoms with van der Waals surface area (Å²) >= 11 is 0. The number of benzene rings is 1. The van der Waals surface area contributed by atoms with Gasteiger partial charge in [0.2, 0.25) is 0 Å². The normalized spacial score (nSPS) is 12.9. The fourth-order valence-corrected chi connectivity index (χ4v) is 1.28. The second-order valence-electron chi connectivity index (χ2n) is 4.15. The van der Waals surface area contributed by atoms with Crippen molar-refractivity contribution in [2.75, 3.05) is 19.0 Å². The Balaban J connectivity index is 2.71. The van der Waals surface area contributed by atoms with Crippen molar-refractivity contribution in [1.29, 1.82) is 0 Å². The zero-order valence-corrected chi connectivity index (χ0v) is 10.5. The van der Waals surface area contributed by atoms with E-state index in [2.05, 4.69) is 5.32 Å². The molecular formula is C12H15F3N2O2. The molecule has 0 aliphatic rings. The van der Waals surface area contributed by atoms with Crippen molar-refractivity contribution >= 4 is 11.7 Å². The van der Waals surface area contributed by atoms with Gasteiger partial charge in [-0.1, -0.05) is 0 Å². The zero-order valence-electron chi connectivity index (χ0n) is 10.5. The number of nitrogens with one attached hydrogen (secondary N) is 1. The van der Waals surface area contributed by atoms with E-state index in [1.165, 1.54) is 24.1 Å². The van der Waals surface area contributed by atoms with Crippen molar-refractivity contribution in [2.45, 2.75) is 19.1 Å². The summed E-state index contributed by atoms with van der Waals surface area (Å²) in [7, 11) is 1.49. The Kier molecular flexibility index (Phi) is 4.77. The largest absolute Gasteiger partial charge is 0.416 e. The van der Waals surface area contributed by atoms with Crippen LogP contribution in [0.2, 0.25) is 0 Å². The molecule has 0 fully saturated rings. The number of urea groups is 1. The maximum atomic E-state index is 12.3. The lowest BCUT2D eigenvalue weighted by atomic mass is 10.2. The fraction of sp³-hybridized carbons (Fsp3) is 0.417. The second kappa shape index (κ2) is 5.92. The molecule has 0 radical (unpaired) electrons. The summed E-state index contributed by atoms with van der Waals surface area (Å²) < 4.78 is 37.0. The molecule has 1 atom stereocenters. The number of hydrogen-bond acceptors (Lipinski definition) is 2. The van der Waals surface area contributed by atoms with Gasteiger partial charge < -0.3 is 15.3 Å². The van der Waals surface area contributed by atoms with Crippen LogP contribution in [-0.4, -0.2) is 35.7 Å². The highest BCUT2D eigenvalue weighted by Crippen LogP contribution is 2.29. The van der Waals surface area contributed by atoms with Gasteiger partial charge in [0, 0.05) is 12.7 Å². The van der Waals surface area contributed by atoms with E-state index >= 15 is 0 Å². The monoisotopic (exact) mass is 276 g/mol. The molecule has 1 aromatic rings. The van der Waals surface area contributed by atoms with Crippen molar-refractivity contribution in [2.24, 2.45) is 0 Å². The van der Waals surface area contributed by atoms with E-state index in [0.717, 1.165) is 12.1 Å². The molecule has 0 heterocycles. The molecule has 0 saturated carbocycles. The van der Waals surface area contributed by atoms with Gasteiger partial charge in [-0.3, -0.25) is 0 Å². The summed E-state index contributed by atoms with van der Waals surface area (Å²) in [5.74, 6) is 0. The number of carbonyl (C=O) groups excluding carboxylic acids is 1. The van der Waals surface area contributed by atoms with Crippen molar-refractivity contribution in [3.05, 3.63) is 29.8 Å². The minimum atomic E-state index is -4.40. The van der Waals surface area contributed by atoms with E-state index in [1.807, 2.05) is 0 Å². The average Bonchev–Trinajstić information content (AvgIpc) is 2.36. The third-order valence-corrected chi connectivity index (χ3v) is 2.71. The summed E-state index contributed by atoms with van der Waals surface area (Å²) in [6.07, 6.45) is -4.40. The van der Waals surface area contributed by atoms with Gasteiger partial charge in [-0.05, 0) is 31.2 Å². The topological polar surface area (TPSA) is 52.6 Å². The molecule has 0 aliphatic heterocycles. The third-order valence-electron chi connectivity index (χ3n) is 2.71. The van der Waals surface area contributed by atoms with Crippen LogP contribution in [0.3, 0.4) is 0 Å². The molecule has 106 valence electrons. The molecule has 1 unspecified atom stereocenters. The minimum Gasteiger partial charge on any atom is -0.394 e. The van der Waals surface area contributed by atoms with Crippen LogP contribution in [0.4, 0.5) is 23.7 Å². The van der Waals surface area contributed by atoms with E-state index in [1.54, 1.807) is 6.92 Å². The lowest BCUT2D eigenvalue weighted by Gasteiger charge is -2.23. The number of amides is 2. The third kappa shape index (κ3) is 4.13. The number of likely N-dealkylation sites (N-methyl/N-ethyl adjacent to an activating group) is 1. The van der Waals surface area contributed by atoms with Gasteiger partial charge in [0.25, 0.3) is 0 Å². The Hall–Kier alpha value is -1.76. The van der Waals surface area contributed by atoms with E-state index in [0.29, 0.717) is 0 Å². The quantitative estimate of drug-likeness (QED) is 0.891. The van der Waals surface area contributed by atoms with Crippen LogP contribution < -0.4 is 5.32 Å². The Morgan fingerprint density at radius 2 is 1.89 bits per heavy atom. The van der Waals surface area contributed by atoms with Gasteiger partial charge in [-0.2, -0.15) is 13.2 Å². The average molecular weight is 276 g/mol. The SMILES string of the molecule is CC(CO)N(C)C(=O)Nc1ccc(C(F)(F)F)cc1. The molecule has 0 spiro atoms. The predicted octanol–water partition coefficient (Wildman–Crippen LogP) is 2.55. The molecule has 0 aromatic heterocycles. The van der Waals surface area contributed by atoms with Crippen LogP contribution in [0.15, 0.2) is 24.3 Å². The number of alkyl halides is 3. The number of halogens is 3. The molecule has 1 aromatic carbocycles. The molecule has 1 rings (SSSR count). The Labute approximate surface area is 108 Å². The van der Waals surface area contributed by atoms with Crippen LogP contribution in [0, 0.1) is 0 Å². The van der Waals surface area contributed by atoms with Crippen LogP contribution in [0.25, 0.3) is 0 Å². The molecule has 7 heteroatoms. The molecule has 2 amide bonds. The van der Waals surface area contributed by atoms with E-state index < -0.39 is 17.8 Å². The maximum absolute atomic E-state index is 12.3. The first-order valence-electron chi connectivity index (χ1n) is 5.57. The van der Waals surface area contributed by atoms with Crippen molar-refractivity contribution in [3.8, 4) is 0 Å². The lowest BCUT2D eigenvalue weighted by molar-refractivity contribution is -0.137. The Bertz CT molecular complexity index is 432. The van der Waals surface area contributed by atoms with Crippen molar-refractivity contribution in [1.82, 2.24) is 4.90 Å². The molecule has 0 aliphatic carbocycles. The van der Waals surface area contributed by atoms with Gasteiger partial charge in [0.05, 0.1) is 18.2 Å². The standard InChI is InChI=1S/C12H15F3N2O2/c1-8(7-18)17(2)11(19)16-10-5-3-9(4-6-10)12(13,14)15/h3-6,8,18H,7H2,1-2H3,(H,16,19). The number of aliphatic hydroxyl groups excluding tert-OH is 1. The number of nitrogens with zero attached hydrogens (tertiary/aromatic N) is 1. The highest BCUT2D eigenvalue weighted by molar-refractivity contribution is 5.89. The number of carbonyl (C=O) groups is 1. The van der Waals surface area contributed by atoms with Gasteiger partial charge >= 0.3 is 12.2 Å². The summed E-state index contributed by atoms with van der Waals surface area (Å²) in [5.41, 5.74) is -0.516. The number of rotatable bonds is 3. The van der Waals surface area contributed by atoms with E-state index in [4.69, 9.17) is 5.11 Å². The molecule has 19 heavy (non-hydrogen) atoms. The minimum absolute atomic E-state index is 0.197. The smallest absolute Gasteiger partial charge is 0.394 e. The first-order chi connectivity index (χ1) is 8.75. The number of anilines is 1. The fourth-order valence-electron chi connectivity index (χ4n) is 1.28. The first-order valence-corrected chi connectivity index (χ1v) is 5.57. The highest BCUT2D eigenvalue weighted by Gasteiger charge is 2.30. The molecule has 0 saturated heterocycles. The Morgan fingerprint density at radius 3 is 2.32 bits per heavy atom. The second-order valence-corrected chi connectivity index (χ2v) is 4.15. The zero-order chi connectivity index (χ0) is 14.6. The molecule has 2 N–H and O–H groups in total. The first kappa shape index (κ1) is 15.3. The summed E-state index contributed by atoms with van der Waals surface area (Å²) in [5, 5.41) is 11.3. The van der Waals surface area contributed by atoms with Gasteiger partial charge in [0.1, 0.15) is 0 Å². The summed E-state index contributed by atoms with van der Waals surface area (Å²) in [4.78, 5) is 12.9. The van der Waals surface area contributed by atoms with Crippen molar-refractivity contribution < 1.29 is 23.1 Å². The molecular weight excluding hydrogens is 261 g/mol. The van der Waals surface area contributed by atoms with Gasteiger partial charge in [0.15, 0.2) is 0 Å². The summed E-state index contributed by atoms with van der Waals surface area (Å²) in [6, 6.07) is 3.27. The highest BCUT2D eigenvalue weighted by atomic mass is 19.4. The van der Waals surface area contributed by atoms with Gasteiger partial charge in [-0.15, -0.1) is 0 Å². The lowest BCUT2D eigenvalue weighted by Crippen LogP contribution is -2.40. The van der Waals surface area contributed by atoms with E-state index in [9.17, 15) is 18.0 Å². The van der Waals surface area contributed by atoms with Crippen LogP contribution in [-0.2, 0) is 6.18 Å². The van der Waals surface area contributed by atoms with Crippen molar-refractivity contribution in [3.63, 3.8) is 0 Å². The van der Waals surface area contributed by atoms with E-state index in [-0.39, 0.29) is 18.3 Å². The maximum Gasteiger partial charge on any atom is 0.416 e. The number of hydrogen-bond donors (Lipinski definition) is 2. The molecule has 4 nitrogen and oxygen atoms in total. The summed E-state index contributed by atoms with van der Waals surface area (Å²) in [6.45, 7) is 1.45.